The Hall–Kier alpha value is -3.33. The van der Waals surface area contributed by atoms with Crippen molar-refractivity contribution in [3.05, 3.63) is 59.2 Å². The van der Waals surface area contributed by atoms with Crippen LogP contribution in [-0.4, -0.2) is 24.0 Å². The molecule has 0 heterocycles. The van der Waals surface area contributed by atoms with Crippen LogP contribution in [0.15, 0.2) is 42.5 Å². The second kappa shape index (κ2) is 7.79. The molecular weight excluding hydrogens is 308 g/mol. The monoisotopic (exact) mass is 324 g/mol. The molecule has 2 rings (SSSR count). The molecule has 6 heteroatoms. The Kier molecular flexibility index (Phi) is 5.53. The van der Waals surface area contributed by atoms with Gasteiger partial charge in [0.2, 0.25) is 0 Å². The highest BCUT2D eigenvalue weighted by Crippen LogP contribution is 2.25. The minimum atomic E-state index is -1.09. The lowest BCUT2D eigenvalue weighted by Crippen LogP contribution is -2.20. The summed E-state index contributed by atoms with van der Waals surface area (Å²) in [7, 11) is 0. The van der Waals surface area contributed by atoms with Crippen molar-refractivity contribution in [2.75, 3.05) is 11.9 Å². The first-order valence-electron chi connectivity index (χ1n) is 7.30. The summed E-state index contributed by atoms with van der Waals surface area (Å²) in [5, 5.41) is 21.2. The van der Waals surface area contributed by atoms with Crippen LogP contribution < -0.4 is 10.1 Å². The van der Waals surface area contributed by atoms with Crippen molar-refractivity contribution in [3.8, 4) is 11.8 Å². The second-order valence-electron chi connectivity index (χ2n) is 4.99. The van der Waals surface area contributed by atoms with Gasteiger partial charge >= 0.3 is 5.97 Å². The van der Waals surface area contributed by atoms with Crippen molar-refractivity contribution in [1.29, 1.82) is 5.26 Å². The van der Waals surface area contributed by atoms with E-state index in [0.717, 1.165) is 0 Å². The lowest BCUT2D eigenvalue weighted by molar-refractivity contribution is -0.138. The van der Waals surface area contributed by atoms with Crippen LogP contribution in [0.5, 0.6) is 5.75 Å². The number of hydrogen-bond donors (Lipinski definition) is 2. The molecule has 0 saturated heterocycles. The van der Waals surface area contributed by atoms with E-state index < -0.39 is 12.0 Å². The smallest absolute Gasteiger partial charge is 0.330 e. The number of nitrogens with zero attached hydrogens (tertiary/aromatic N) is 1. The molecule has 2 N–H and O–H groups in total. The van der Waals surface area contributed by atoms with E-state index in [1.807, 2.05) is 6.07 Å². The summed E-state index contributed by atoms with van der Waals surface area (Å²) >= 11 is 0. The summed E-state index contributed by atoms with van der Waals surface area (Å²) in [6.45, 7) is 2.21. The Morgan fingerprint density at radius 3 is 2.58 bits per heavy atom. The van der Waals surface area contributed by atoms with Crippen LogP contribution >= 0.6 is 0 Å². The largest absolute Gasteiger partial charge is 0.494 e. The van der Waals surface area contributed by atoms with Crippen LogP contribution in [-0.2, 0) is 4.79 Å². The fourth-order valence-corrected chi connectivity index (χ4v) is 2.23. The zero-order valence-corrected chi connectivity index (χ0v) is 13.0. The third kappa shape index (κ3) is 4.11. The molecule has 24 heavy (non-hydrogen) atoms. The number of hydrogen-bond acceptors (Lipinski definition) is 5. The molecular formula is C18H16N2O4. The molecule has 0 spiro atoms. The third-order valence-electron chi connectivity index (χ3n) is 3.30. The fourth-order valence-electron chi connectivity index (χ4n) is 2.23. The van der Waals surface area contributed by atoms with Crippen LogP contribution in [0.2, 0.25) is 0 Å². The van der Waals surface area contributed by atoms with E-state index in [2.05, 4.69) is 5.32 Å². The van der Waals surface area contributed by atoms with Gasteiger partial charge in [-0.25, -0.2) is 4.79 Å². The normalized spacial score (nSPS) is 11.2. The van der Waals surface area contributed by atoms with Crippen molar-refractivity contribution in [3.63, 3.8) is 0 Å². The van der Waals surface area contributed by atoms with Crippen molar-refractivity contribution < 1.29 is 19.4 Å². The number of carboxylic acid groups (broad SMARTS) is 1. The summed E-state index contributed by atoms with van der Waals surface area (Å²) in [5.41, 5.74) is 1.77. The van der Waals surface area contributed by atoms with Gasteiger partial charge in [0.05, 0.1) is 18.2 Å². The molecule has 2 aromatic carbocycles. The minimum absolute atomic E-state index is 0.337. The van der Waals surface area contributed by atoms with Gasteiger partial charge in [0.25, 0.3) is 0 Å². The van der Waals surface area contributed by atoms with Gasteiger partial charge in [0, 0.05) is 11.3 Å². The van der Waals surface area contributed by atoms with E-state index in [-0.39, 0.29) is 0 Å². The molecule has 0 fully saturated rings. The average molecular weight is 324 g/mol. The number of nitriles is 1. The third-order valence-corrected chi connectivity index (χ3v) is 3.30. The van der Waals surface area contributed by atoms with Crippen molar-refractivity contribution in [2.45, 2.75) is 13.0 Å². The van der Waals surface area contributed by atoms with Gasteiger partial charge in [-0.3, -0.25) is 4.79 Å². The van der Waals surface area contributed by atoms with Crippen molar-refractivity contribution in [1.82, 2.24) is 0 Å². The van der Waals surface area contributed by atoms with Crippen LogP contribution in [0.3, 0.4) is 0 Å². The number of rotatable bonds is 7. The Morgan fingerprint density at radius 1 is 1.33 bits per heavy atom. The Morgan fingerprint density at radius 2 is 2.04 bits per heavy atom. The number of carbonyl (C=O) groups excluding carboxylic acids is 1. The van der Waals surface area contributed by atoms with Gasteiger partial charge in [-0.05, 0) is 55.0 Å². The summed E-state index contributed by atoms with van der Waals surface area (Å²) < 4.78 is 5.38. The highest BCUT2D eigenvalue weighted by molar-refractivity contribution is 5.82. The van der Waals surface area contributed by atoms with Gasteiger partial charge in [0.1, 0.15) is 12.0 Å². The molecule has 0 radical (unpaired) electrons. The SMILES string of the molecule is CCOc1cc(C=O)cc(C(Nc2ccc(C#N)cc2)C(=O)O)c1. The number of carboxylic acids is 1. The van der Waals surface area contributed by atoms with E-state index in [4.69, 9.17) is 10.00 Å². The minimum Gasteiger partial charge on any atom is -0.494 e. The zero-order chi connectivity index (χ0) is 17.5. The molecule has 2 aromatic rings. The first kappa shape index (κ1) is 17.0. The van der Waals surface area contributed by atoms with E-state index >= 15 is 0 Å². The predicted molar refractivity (Wildman–Crippen MR) is 88.2 cm³/mol. The first-order chi connectivity index (χ1) is 11.6. The molecule has 0 amide bonds. The summed E-state index contributed by atoms with van der Waals surface area (Å²) in [6.07, 6.45) is 0.645. The summed E-state index contributed by atoms with van der Waals surface area (Å²) in [6, 6.07) is 12.0. The summed E-state index contributed by atoms with van der Waals surface area (Å²) in [4.78, 5) is 22.7. The number of aldehydes is 1. The maximum Gasteiger partial charge on any atom is 0.330 e. The van der Waals surface area contributed by atoms with Crippen molar-refractivity contribution in [2.24, 2.45) is 0 Å². The van der Waals surface area contributed by atoms with Gasteiger partial charge in [-0.1, -0.05) is 0 Å². The fraction of sp³-hybridized carbons (Fsp3) is 0.167. The molecule has 1 atom stereocenters. The average Bonchev–Trinajstić information content (AvgIpc) is 2.59. The predicted octanol–water partition coefficient (Wildman–Crippen LogP) is 3.01. The van der Waals surface area contributed by atoms with Gasteiger partial charge in [-0.15, -0.1) is 0 Å². The number of ether oxygens (including phenoxy) is 1. The topological polar surface area (TPSA) is 99.4 Å². The van der Waals surface area contributed by atoms with Gasteiger partial charge in [-0.2, -0.15) is 5.26 Å². The van der Waals surface area contributed by atoms with E-state index in [0.29, 0.717) is 41.0 Å². The standard InChI is InChI=1S/C18H16N2O4/c1-2-24-16-8-13(11-21)7-14(9-16)17(18(22)23)20-15-5-3-12(10-19)4-6-15/h3-9,11,17,20H,2H2,1H3,(H,22,23). The van der Waals surface area contributed by atoms with Crippen LogP contribution in [0.4, 0.5) is 5.69 Å². The zero-order valence-electron chi connectivity index (χ0n) is 13.0. The van der Waals surface area contributed by atoms with Crippen LogP contribution in [0, 0.1) is 11.3 Å². The summed E-state index contributed by atoms with van der Waals surface area (Å²) in [5.74, 6) is -0.658. The molecule has 0 aliphatic rings. The lowest BCUT2D eigenvalue weighted by Gasteiger charge is -2.18. The van der Waals surface area contributed by atoms with Crippen molar-refractivity contribution >= 4 is 17.9 Å². The number of anilines is 1. The Labute approximate surface area is 139 Å². The number of benzene rings is 2. The molecule has 6 nitrogen and oxygen atoms in total. The highest BCUT2D eigenvalue weighted by atomic mass is 16.5. The molecule has 1 unspecified atom stereocenters. The number of nitrogens with one attached hydrogen (secondary N) is 1. The first-order valence-corrected chi connectivity index (χ1v) is 7.30. The van der Waals surface area contributed by atoms with Crippen LogP contribution in [0.25, 0.3) is 0 Å². The molecule has 122 valence electrons. The molecule has 0 aliphatic carbocycles. The molecule has 0 bridgehead atoms. The molecule has 0 aromatic heterocycles. The second-order valence-corrected chi connectivity index (χ2v) is 4.99. The van der Waals surface area contributed by atoms with E-state index in [9.17, 15) is 14.7 Å². The maximum atomic E-state index is 11.7. The van der Waals surface area contributed by atoms with Crippen LogP contribution in [0.1, 0.15) is 34.5 Å². The van der Waals surface area contributed by atoms with E-state index in [1.165, 1.54) is 6.07 Å². The molecule has 0 saturated carbocycles. The number of aliphatic carboxylic acids is 1. The van der Waals surface area contributed by atoms with Gasteiger partial charge in [0.15, 0.2) is 6.04 Å². The number of carbonyl (C=O) groups is 2. The Balaban J connectivity index is 2.35. The quantitative estimate of drug-likeness (QED) is 0.760. The van der Waals surface area contributed by atoms with E-state index in [1.54, 1.807) is 43.3 Å². The molecule has 0 aliphatic heterocycles. The highest BCUT2D eigenvalue weighted by Gasteiger charge is 2.21. The maximum absolute atomic E-state index is 11.7. The van der Waals surface area contributed by atoms with Gasteiger partial charge < -0.3 is 15.2 Å². The lowest BCUT2D eigenvalue weighted by atomic mass is 10.0. The Bertz CT molecular complexity index is 779.